The highest BCUT2D eigenvalue weighted by molar-refractivity contribution is 9.10. The molecule has 2 nitrogen and oxygen atoms in total. The summed E-state index contributed by atoms with van der Waals surface area (Å²) in [5.41, 5.74) is 2.37. The van der Waals surface area contributed by atoms with Gasteiger partial charge in [-0.2, -0.15) is 5.26 Å². The molecule has 0 bridgehead atoms. The van der Waals surface area contributed by atoms with Gasteiger partial charge in [-0.25, -0.2) is 4.39 Å². The molecule has 20 heavy (non-hydrogen) atoms. The third-order valence-corrected chi connectivity index (χ3v) is 3.61. The lowest BCUT2D eigenvalue weighted by atomic mass is 10.0. The molecule has 0 aliphatic carbocycles. The third-order valence-electron chi connectivity index (χ3n) is 3.11. The van der Waals surface area contributed by atoms with Gasteiger partial charge in [0.25, 0.3) is 0 Å². The predicted octanol–water partition coefficient (Wildman–Crippen LogP) is 5.02. The van der Waals surface area contributed by atoms with Gasteiger partial charge >= 0.3 is 0 Å². The van der Waals surface area contributed by atoms with E-state index in [4.69, 9.17) is 5.26 Å². The fourth-order valence-corrected chi connectivity index (χ4v) is 2.40. The Bertz CT molecular complexity index is 632. The first-order valence-electron chi connectivity index (χ1n) is 6.35. The van der Waals surface area contributed by atoms with Crippen molar-refractivity contribution >= 4 is 21.6 Å². The molecule has 1 N–H and O–H groups in total. The van der Waals surface area contributed by atoms with E-state index < -0.39 is 0 Å². The van der Waals surface area contributed by atoms with Gasteiger partial charge in [0, 0.05) is 4.47 Å². The van der Waals surface area contributed by atoms with Crippen molar-refractivity contribution in [3.8, 4) is 6.07 Å². The van der Waals surface area contributed by atoms with E-state index in [1.54, 1.807) is 18.2 Å². The molecule has 1 unspecified atom stereocenters. The highest BCUT2D eigenvalue weighted by Crippen LogP contribution is 2.27. The quantitative estimate of drug-likeness (QED) is 0.852. The summed E-state index contributed by atoms with van der Waals surface area (Å²) in [7, 11) is 0. The Morgan fingerprint density at radius 1 is 1.25 bits per heavy atom. The summed E-state index contributed by atoms with van der Waals surface area (Å²) in [6.45, 7) is 2.05. The molecule has 0 aliphatic rings. The molecule has 102 valence electrons. The van der Waals surface area contributed by atoms with Gasteiger partial charge in [0.05, 0.1) is 17.3 Å². The lowest BCUT2D eigenvalue weighted by molar-refractivity contribution is 0.625. The number of benzene rings is 2. The minimum atomic E-state index is -0.247. The molecule has 2 aromatic carbocycles. The van der Waals surface area contributed by atoms with Crippen molar-refractivity contribution in [3.63, 3.8) is 0 Å². The van der Waals surface area contributed by atoms with E-state index in [-0.39, 0.29) is 11.9 Å². The van der Waals surface area contributed by atoms with Crippen LogP contribution in [0.3, 0.4) is 0 Å². The Labute approximate surface area is 126 Å². The lowest BCUT2D eigenvalue weighted by Crippen LogP contribution is -2.10. The number of hydrogen-bond donors (Lipinski definition) is 1. The van der Waals surface area contributed by atoms with Crippen LogP contribution in [0.5, 0.6) is 0 Å². The zero-order chi connectivity index (χ0) is 14.5. The van der Waals surface area contributed by atoms with Gasteiger partial charge in [0.2, 0.25) is 0 Å². The first-order valence-corrected chi connectivity index (χ1v) is 7.15. The van der Waals surface area contributed by atoms with E-state index in [1.165, 1.54) is 12.1 Å². The van der Waals surface area contributed by atoms with Crippen LogP contribution in [0.15, 0.2) is 46.9 Å². The number of nitriles is 1. The topological polar surface area (TPSA) is 35.8 Å². The van der Waals surface area contributed by atoms with Crippen LogP contribution < -0.4 is 5.32 Å². The normalized spacial score (nSPS) is 11.7. The van der Waals surface area contributed by atoms with Crippen LogP contribution in [0.2, 0.25) is 0 Å². The van der Waals surface area contributed by atoms with E-state index in [1.807, 2.05) is 19.1 Å². The Morgan fingerprint density at radius 3 is 2.55 bits per heavy atom. The van der Waals surface area contributed by atoms with Gasteiger partial charge in [-0.3, -0.25) is 0 Å². The molecule has 2 aromatic rings. The van der Waals surface area contributed by atoms with E-state index in [9.17, 15) is 4.39 Å². The largest absolute Gasteiger partial charge is 0.377 e. The number of rotatable bonds is 4. The summed E-state index contributed by atoms with van der Waals surface area (Å²) < 4.78 is 13.9. The second kappa shape index (κ2) is 6.53. The molecule has 4 heteroatoms. The van der Waals surface area contributed by atoms with Crippen LogP contribution in [0.4, 0.5) is 10.1 Å². The monoisotopic (exact) mass is 332 g/mol. The molecule has 0 aromatic heterocycles. The minimum absolute atomic E-state index is 0.0389. The van der Waals surface area contributed by atoms with Gasteiger partial charge in [-0.15, -0.1) is 0 Å². The summed E-state index contributed by atoms with van der Waals surface area (Å²) in [6, 6.07) is 14.1. The van der Waals surface area contributed by atoms with Crippen molar-refractivity contribution < 1.29 is 4.39 Å². The van der Waals surface area contributed by atoms with E-state index >= 15 is 0 Å². The Morgan fingerprint density at radius 2 is 1.95 bits per heavy atom. The van der Waals surface area contributed by atoms with Crippen molar-refractivity contribution in [2.45, 2.75) is 19.4 Å². The number of nitrogens with one attached hydrogen (secondary N) is 1. The molecule has 0 spiro atoms. The molecule has 0 amide bonds. The molecular formula is C16H14BrFN2. The van der Waals surface area contributed by atoms with Crippen LogP contribution in [0.25, 0.3) is 0 Å². The summed E-state index contributed by atoms with van der Waals surface area (Å²) in [5.74, 6) is -0.247. The third kappa shape index (κ3) is 3.37. The summed E-state index contributed by atoms with van der Waals surface area (Å²) >= 11 is 3.40. The zero-order valence-electron chi connectivity index (χ0n) is 11.0. The molecule has 0 saturated heterocycles. The Kier molecular flexibility index (Phi) is 4.75. The molecule has 0 fully saturated rings. The van der Waals surface area contributed by atoms with E-state index in [0.717, 1.165) is 22.1 Å². The van der Waals surface area contributed by atoms with Crippen molar-refractivity contribution in [1.29, 1.82) is 5.26 Å². The molecule has 2 rings (SSSR count). The fourth-order valence-electron chi connectivity index (χ4n) is 2.04. The number of halogens is 2. The average molecular weight is 333 g/mol. The molecule has 0 saturated carbocycles. The SMILES string of the molecule is CCC(Nc1cc(Br)ccc1C#N)c1ccc(F)cc1. The fraction of sp³-hybridized carbons (Fsp3) is 0.188. The Hall–Kier alpha value is -1.86. The van der Waals surface area contributed by atoms with Crippen LogP contribution >= 0.6 is 15.9 Å². The molecule has 1 atom stereocenters. The van der Waals surface area contributed by atoms with Gasteiger partial charge in [-0.05, 0) is 42.3 Å². The molecule has 0 radical (unpaired) electrons. The number of nitrogens with zero attached hydrogens (tertiary/aromatic N) is 1. The summed E-state index contributed by atoms with van der Waals surface area (Å²) in [5, 5.41) is 12.5. The number of anilines is 1. The highest BCUT2D eigenvalue weighted by atomic mass is 79.9. The van der Waals surface area contributed by atoms with Crippen LogP contribution in [-0.2, 0) is 0 Å². The first kappa shape index (κ1) is 14.5. The maximum atomic E-state index is 13.0. The lowest BCUT2D eigenvalue weighted by Gasteiger charge is -2.19. The van der Waals surface area contributed by atoms with Gasteiger partial charge in [-0.1, -0.05) is 35.0 Å². The number of hydrogen-bond acceptors (Lipinski definition) is 2. The van der Waals surface area contributed by atoms with Crippen molar-refractivity contribution in [2.24, 2.45) is 0 Å². The molecule has 0 aliphatic heterocycles. The standard InChI is InChI=1S/C16H14BrFN2/c1-2-15(11-4-7-14(18)8-5-11)20-16-9-13(17)6-3-12(16)10-19/h3-9,15,20H,2H2,1H3. The van der Waals surface area contributed by atoms with E-state index in [0.29, 0.717) is 5.56 Å². The second-order valence-corrected chi connectivity index (χ2v) is 5.37. The van der Waals surface area contributed by atoms with E-state index in [2.05, 4.69) is 27.3 Å². The maximum absolute atomic E-state index is 13.0. The molecular weight excluding hydrogens is 319 g/mol. The van der Waals surface area contributed by atoms with Crippen LogP contribution in [-0.4, -0.2) is 0 Å². The van der Waals surface area contributed by atoms with Crippen LogP contribution in [0, 0.1) is 17.1 Å². The summed E-state index contributed by atoms with van der Waals surface area (Å²) in [6.07, 6.45) is 0.836. The average Bonchev–Trinajstić information content (AvgIpc) is 2.46. The zero-order valence-corrected chi connectivity index (χ0v) is 12.6. The first-order chi connectivity index (χ1) is 9.63. The highest BCUT2D eigenvalue weighted by Gasteiger charge is 2.12. The minimum Gasteiger partial charge on any atom is -0.377 e. The smallest absolute Gasteiger partial charge is 0.123 e. The maximum Gasteiger partial charge on any atom is 0.123 e. The van der Waals surface area contributed by atoms with Crippen molar-refractivity contribution in [3.05, 3.63) is 63.9 Å². The van der Waals surface area contributed by atoms with Gasteiger partial charge < -0.3 is 5.32 Å². The van der Waals surface area contributed by atoms with Gasteiger partial charge in [0.1, 0.15) is 11.9 Å². The van der Waals surface area contributed by atoms with Crippen molar-refractivity contribution in [1.82, 2.24) is 0 Å². The van der Waals surface area contributed by atoms with Gasteiger partial charge in [0.15, 0.2) is 0 Å². The molecule has 0 heterocycles. The van der Waals surface area contributed by atoms with Crippen molar-refractivity contribution in [2.75, 3.05) is 5.32 Å². The van der Waals surface area contributed by atoms with Crippen LogP contribution in [0.1, 0.15) is 30.5 Å². The Balaban J connectivity index is 2.29. The summed E-state index contributed by atoms with van der Waals surface area (Å²) in [4.78, 5) is 0. The predicted molar refractivity (Wildman–Crippen MR) is 81.9 cm³/mol. The second-order valence-electron chi connectivity index (χ2n) is 4.46.